The summed E-state index contributed by atoms with van der Waals surface area (Å²) in [6.45, 7) is 3.20. The first-order chi connectivity index (χ1) is 7.99. The Hall–Kier alpha value is -1.20. The number of hydrogen-bond donors (Lipinski definition) is 2. The molecule has 3 N–H and O–H groups in total. The fraction of sp³-hybridized carbons (Fsp3) is 0.500. The van der Waals surface area contributed by atoms with Crippen LogP contribution in [0.5, 0.6) is 0 Å². The van der Waals surface area contributed by atoms with E-state index in [0.717, 1.165) is 24.3 Å². The van der Waals surface area contributed by atoms with E-state index in [2.05, 4.69) is 36.2 Å². The van der Waals surface area contributed by atoms with Crippen LogP contribution in [0, 0.1) is 0 Å². The highest BCUT2D eigenvalue weighted by atomic mass is 32.1. The van der Waals surface area contributed by atoms with Gasteiger partial charge in [-0.05, 0) is 46.1 Å². The minimum Gasteiger partial charge on any atom is -0.389 e. The van der Waals surface area contributed by atoms with Crippen molar-refractivity contribution in [2.45, 2.75) is 19.4 Å². The normalized spacial score (nSPS) is 12.5. The minimum absolute atomic E-state index is 0.379. The van der Waals surface area contributed by atoms with Crippen molar-refractivity contribution in [3.8, 4) is 0 Å². The van der Waals surface area contributed by atoms with Crippen molar-refractivity contribution < 1.29 is 0 Å². The maximum absolute atomic E-state index is 5.51. The molecule has 0 saturated heterocycles. The van der Waals surface area contributed by atoms with E-state index in [4.69, 9.17) is 18.0 Å². The van der Waals surface area contributed by atoms with Crippen molar-refractivity contribution in [1.82, 2.24) is 9.88 Å². The minimum atomic E-state index is 0.379. The number of hydrogen-bond acceptors (Lipinski definition) is 4. The summed E-state index contributed by atoms with van der Waals surface area (Å²) in [5.41, 5.74) is 6.31. The first-order valence-electron chi connectivity index (χ1n) is 5.66. The Morgan fingerprint density at radius 3 is 2.71 bits per heavy atom. The van der Waals surface area contributed by atoms with Crippen molar-refractivity contribution in [1.29, 1.82) is 0 Å². The number of pyridine rings is 1. The molecular weight excluding hydrogens is 232 g/mol. The van der Waals surface area contributed by atoms with E-state index in [0.29, 0.717) is 11.0 Å². The summed E-state index contributed by atoms with van der Waals surface area (Å²) in [4.78, 5) is 6.82. The van der Waals surface area contributed by atoms with Gasteiger partial charge in [0.15, 0.2) is 0 Å². The van der Waals surface area contributed by atoms with Gasteiger partial charge in [-0.1, -0.05) is 12.2 Å². The summed E-state index contributed by atoms with van der Waals surface area (Å²) in [5, 5.41) is 3.34. The molecule has 1 aromatic rings. The number of anilines is 1. The molecule has 5 heteroatoms. The summed E-state index contributed by atoms with van der Waals surface area (Å²) >= 11 is 4.88. The molecule has 1 unspecified atom stereocenters. The predicted octanol–water partition coefficient (Wildman–Crippen LogP) is 1.47. The first kappa shape index (κ1) is 13.9. The van der Waals surface area contributed by atoms with Crippen LogP contribution in [0.3, 0.4) is 0 Å². The fourth-order valence-electron chi connectivity index (χ4n) is 1.40. The van der Waals surface area contributed by atoms with Gasteiger partial charge in [-0.3, -0.25) is 0 Å². The highest BCUT2D eigenvalue weighted by molar-refractivity contribution is 7.80. The lowest BCUT2D eigenvalue weighted by atomic mass is 10.2. The van der Waals surface area contributed by atoms with E-state index in [1.54, 1.807) is 6.20 Å². The molecule has 0 bridgehead atoms. The molecule has 0 aliphatic carbocycles. The molecule has 0 spiro atoms. The van der Waals surface area contributed by atoms with Crippen LogP contribution in [0.1, 0.15) is 18.9 Å². The molecule has 4 nitrogen and oxygen atoms in total. The van der Waals surface area contributed by atoms with Crippen molar-refractivity contribution in [2.24, 2.45) is 5.73 Å². The average molecular weight is 252 g/mol. The van der Waals surface area contributed by atoms with Crippen LogP contribution in [0.2, 0.25) is 0 Å². The summed E-state index contributed by atoms with van der Waals surface area (Å²) < 4.78 is 0. The average Bonchev–Trinajstić information content (AvgIpc) is 2.27. The van der Waals surface area contributed by atoms with E-state index in [9.17, 15) is 0 Å². The Bertz CT molecular complexity index is 361. The lowest BCUT2D eigenvalue weighted by molar-refractivity contribution is 0.390. The van der Waals surface area contributed by atoms with Gasteiger partial charge in [-0.15, -0.1) is 0 Å². The van der Waals surface area contributed by atoms with Gasteiger partial charge >= 0.3 is 0 Å². The van der Waals surface area contributed by atoms with Crippen LogP contribution in [0.25, 0.3) is 0 Å². The van der Waals surface area contributed by atoms with Crippen LogP contribution < -0.4 is 11.1 Å². The summed E-state index contributed by atoms with van der Waals surface area (Å²) in [7, 11) is 4.14. The Morgan fingerprint density at radius 1 is 1.53 bits per heavy atom. The summed E-state index contributed by atoms with van der Waals surface area (Å²) in [5.74, 6) is 0.858. The molecule has 0 amide bonds. The zero-order chi connectivity index (χ0) is 12.8. The number of aromatic nitrogens is 1. The third-order valence-electron chi connectivity index (χ3n) is 2.45. The van der Waals surface area contributed by atoms with Gasteiger partial charge in [-0.2, -0.15) is 0 Å². The number of nitrogens with zero attached hydrogens (tertiary/aromatic N) is 2. The second-order valence-corrected chi connectivity index (χ2v) is 4.87. The Labute approximate surface area is 108 Å². The van der Waals surface area contributed by atoms with Crippen LogP contribution >= 0.6 is 12.2 Å². The van der Waals surface area contributed by atoms with E-state index in [1.807, 2.05) is 12.1 Å². The van der Waals surface area contributed by atoms with Gasteiger partial charge in [0.05, 0.1) is 0 Å². The molecule has 1 aromatic heterocycles. The second-order valence-electron chi connectivity index (χ2n) is 4.43. The highest BCUT2D eigenvalue weighted by Crippen LogP contribution is 2.08. The highest BCUT2D eigenvalue weighted by Gasteiger charge is 2.04. The monoisotopic (exact) mass is 252 g/mol. The third kappa shape index (κ3) is 5.10. The van der Waals surface area contributed by atoms with Crippen LogP contribution in [0.15, 0.2) is 18.3 Å². The third-order valence-corrected chi connectivity index (χ3v) is 2.69. The fourth-order valence-corrected chi connectivity index (χ4v) is 1.52. The first-order valence-corrected chi connectivity index (χ1v) is 6.07. The standard InChI is InChI=1S/C12H20N4S/c1-9(6-7-16(2)3)15-11-5-4-10(8-14-11)12(13)17/h4-5,8-9H,6-7H2,1-3H3,(H2,13,17)(H,14,15). The van der Waals surface area contributed by atoms with E-state index >= 15 is 0 Å². The molecule has 1 heterocycles. The van der Waals surface area contributed by atoms with Crippen molar-refractivity contribution in [3.63, 3.8) is 0 Å². The molecule has 0 saturated carbocycles. The zero-order valence-corrected chi connectivity index (χ0v) is 11.4. The van der Waals surface area contributed by atoms with Crippen molar-refractivity contribution in [2.75, 3.05) is 26.0 Å². The lowest BCUT2D eigenvalue weighted by Gasteiger charge is -2.17. The Kier molecular flexibility index (Phi) is 5.31. The SMILES string of the molecule is CC(CCN(C)C)Nc1ccc(C(N)=S)cn1. The topological polar surface area (TPSA) is 54.2 Å². The van der Waals surface area contributed by atoms with E-state index < -0.39 is 0 Å². The molecule has 94 valence electrons. The zero-order valence-electron chi connectivity index (χ0n) is 10.6. The molecule has 0 aliphatic rings. The van der Waals surface area contributed by atoms with Gasteiger partial charge in [0.1, 0.15) is 10.8 Å². The lowest BCUT2D eigenvalue weighted by Crippen LogP contribution is -2.23. The largest absolute Gasteiger partial charge is 0.389 e. The summed E-state index contributed by atoms with van der Waals surface area (Å²) in [6, 6.07) is 4.18. The molecule has 0 aromatic carbocycles. The molecule has 17 heavy (non-hydrogen) atoms. The maximum Gasteiger partial charge on any atom is 0.126 e. The van der Waals surface area contributed by atoms with Gasteiger partial charge in [0.25, 0.3) is 0 Å². The molecule has 0 fully saturated rings. The van der Waals surface area contributed by atoms with Crippen LogP contribution in [-0.4, -0.2) is 41.6 Å². The smallest absolute Gasteiger partial charge is 0.126 e. The van der Waals surface area contributed by atoms with E-state index in [1.165, 1.54) is 0 Å². The van der Waals surface area contributed by atoms with Crippen molar-refractivity contribution in [3.05, 3.63) is 23.9 Å². The van der Waals surface area contributed by atoms with Gasteiger partial charge in [0, 0.05) is 17.8 Å². The van der Waals surface area contributed by atoms with Crippen LogP contribution in [-0.2, 0) is 0 Å². The molecule has 1 atom stereocenters. The Balaban J connectivity index is 2.48. The number of thiocarbonyl (C=S) groups is 1. The van der Waals surface area contributed by atoms with Crippen molar-refractivity contribution >= 4 is 23.0 Å². The number of nitrogens with two attached hydrogens (primary N) is 1. The second kappa shape index (κ2) is 6.51. The molecular formula is C12H20N4S. The maximum atomic E-state index is 5.51. The van der Waals surface area contributed by atoms with Crippen LogP contribution in [0.4, 0.5) is 5.82 Å². The molecule has 0 aliphatic heterocycles. The van der Waals surface area contributed by atoms with E-state index in [-0.39, 0.29) is 0 Å². The Morgan fingerprint density at radius 2 is 2.24 bits per heavy atom. The quantitative estimate of drug-likeness (QED) is 0.751. The molecule has 1 rings (SSSR count). The van der Waals surface area contributed by atoms with Gasteiger partial charge in [-0.25, -0.2) is 4.98 Å². The summed E-state index contributed by atoms with van der Waals surface area (Å²) in [6.07, 6.45) is 2.77. The number of nitrogens with one attached hydrogen (secondary N) is 1. The molecule has 0 radical (unpaired) electrons. The van der Waals surface area contributed by atoms with Gasteiger partial charge < -0.3 is 16.0 Å². The van der Waals surface area contributed by atoms with Gasteiger partial charge in [0.2, 0.25) is 0 Å². The number of rotatable bonds is 6. The predicted molar refractivity (Wildman–Crippen MR) is 76.4 cm³/mol.